The first-order valence-corrected chi connectivity index (χ1v) is 18.3. The first-order chi connectivity index (χ1) is 28.2. The number of benzene rings is 8. The molecule has 0 radical (unpaired) electrons. The van der Waals surface area contributed by atoms with E-state index in [9.17, 15) is 4.79 Å². The molecule has 0 aliphatic rings. The Bertz CT molecular complexity index is 2360. The minimum absolute atomic E-state index is 0.0759. The molecule has 0 heterocycles. The van der Waals surface area contributed by atoms with Gasteiger partial charge in [0.15, 0.2) is 5.78 Å². The van der Waals surface area contributed by atoms with Crippen LogP contribution in [0, 0.1) is 0 Å². The van der Waals surface area contributed by atoms with Crippen LogP contribution in [0.1, 0.15) is 15.9 Å². The van der Waals surface area contributed by atoms with E-state index in [0.29, 0.717) is 56.9 Å². The Morgan fingerprint density at radius 2 is 0.431 bits per heavy atom. The van der Waals surface area contributed by atoms with Gasteiger partial charge in [-0.3, -0.25) is 4.79 Å². The van der Waals surface area contributed by atoms with Crippen molar-refractivity contribution < 1.29 is 23.7 Å². The van der Waals surface area contributed by atoms with E-state index in [1.807, 2.05) is 97.1 Å². The lowest BCUT2D eigenvalue weighted by molar-refractivity contribution is 0.103. The molecule has 0 aliphatic heterocycles. The van der Waals surface area contributed by atoms with Gasteiger partial charge in [-0.05, 0) is 181 Å². The molecule has 8 aromatic carbocycles. The van der Waals surface area contributed by atoms with Crippen molar-refractivity contribution >= 4 is 28.5 Å². The Balaban J connectivity index is 0.000000177. The van der Waals surface area contributed by atoms with Crippen LogP contribution in [0.25, 0.3) is 11.1 Å². The topological polar surface area (TPSA) is 158 Å². The molecule has 286 valence electrons. The number of carbonyl (C=O) groups is 1. The standard InChI is InChI=1S/C25H20N2O3.C24H20N2O2/c26-19-5-13-23(14-6-19)29-21-9-1-17(2-10-21)25(28)18-3-11-22(12-4-18)30-24-15-7-20(27)8-16-24;25-19-5-13-23(14-6-19)27-21-9-1-17(2-10-21)18-3-11-22(12-4-18)28-24-15-7-20(26)8-16-24/h1-16H,26-27H2;1-16H,25-26H2. The third-order valence-corrected chi connectivity index (χ3v) is 8.74. The van der Waals surface area contributed by atoms with Crippen molar-refractivity contribution in [1.29, 1.82) is 0 Å². The molecule has 0 aromatic heterocycles. The average Bonchev–Trinajstić information content (AvgIpc) is 3.25. The molecule has 0 amide bonds. The van der Waals surface area contributed by atoms with Gasteiger partial charge < -0.3 is 41.9 Å². The summed E-state index contributed by atoms with van der Waals surface area (Å²) in [6.07, 6.45) is 0. The third kappa shape index (κ3) is 10.5. The fourth-order valence-corrected chi connectivity index (χ4v) is 5.63. The predicted molar refractivity (Wildman–Crippen MR) is 232 cm³/mol. The normalized spacial score (nSPS) is 10.4. The quantitative estimate of drug-likeness (QED) is 0.0743. The molecular formula is C49H40N4O5. The Morgan fingerprint density at radius 3 is 0.638 bits per heavy atom. The van der Waals surface area contributed by atoms with E-state index in [-0.39, 0.29) is 5.78 Å². The van der Waals surface area contributed by atoms with Gasteiger partial charge in [0, 0.05) is 33.9 Å². The number of rotatable bonds is 11. The molecule has 0 aliphatic carbocycles. The summed E-state index contributed by atoms with van der Waals surface area (Å²) in [5, 5.41) is 0. The zero-order chi connectivity index (χ0) is 40.3. The molecule has 0 saturated heterocycles. The molecule has 9 heteroatoms. The van der Waals surface area contributed by atoms with Crippen molar-refractivity contribution in [1.82, 2.24) is 0 Å². The molecule has 0 spiro atoms. The fourth-order valence-electron chi connectivity index (χ4n) is 5.63. The number of hydrogen-bond acceptors (Lipinski definition) is 9. The summed E-state index contributed by atoms with van der Waals surface area (Å²) in [7, 11) is 0. The highest BCUT2D eigenvalue weighted by Crippen LogP contribution is 2.30. The van der Waals surface area contributed by atoms with E-state index >= 15 is 0 Å². The van der Waals surface area contributed by atoms with Gasteiger partial charge in [-0.1, -0.05) is 24.3 Å². The molecule has 8 rings (SSSR count). The summed E-state index contributed by atoms with van der Waals surface area (Å²) >= 11 is 0. The SMILES string of the molecule is Nc1ccc(Oc2ccc(-c3ccc(Oc4ccc(N)cc4)cc3)cc2)cc1.Nc1ccc(Oc2ccc(C(=O)c3ccc(Oc4ccc(N)cc4)cc3)cc2)cc1. The third-order valence-electron chi connectivity index (χ3n) is 8.74. The van der Waals surface area contributed by atoms with E-state index in [1.54, 1.807) is 97.1 Å². The molecule has 58 heavy (non-hydrogen) atoms. The van der Waals surface area contributed by atoms with Gasteiger partial charge in [0.25, 0.3) is 0 Å². The average molecular weight is 765 g/mol. The van der Waals surface area contributed by atoms with E-state index in [0.717, 1.165) is 34.1 Å². The van der Waals surface area contributed by atoms with Gasteiger partial charge in [-0.15, -0.1) is 0 Å². The second-order valence-electron chi connectivity index (χ2n) is 13.1. The summed E-state index contributed by atoms with van der Waals surface area (Å²) in [5.41, 5.74) is 28.9. The summed E-state index contributed by atoms with van der Waals surface area (Å²) < 4.78 is 23.2. The van der Waals surface area contributed by atoms with Crippen LogP contribution in [0.4, 0.5) is 22.7 Å². The zero-order valence-electron chi connectivity index (χ0n) is 31.3. The highest BCUT2D eigenvalue weighted by molar-refractivity contribution is 6.09. The Hall–Kier alpha value is -8.17. The van der Waals surface area contributed by atoms with Crippen molar-refractivity contribution in [2.24, 2.45) is 0 Å². The first-order valence-electron chi connectivity index (χ1n) is 18.3. The van der Waals surface area contributed by atoms with Crippen LogP contribution in [-0.4, -0.2) is 5.78 Å². The molecular weight excluding hydrogens is 725 g/mol. The van der Waals surface area contributed by atoms with Gasteiger partial charge in [-0.2, -0.15) is 0 Å². The summed E-state index contributed by atoms with van der Waals surface area (Å²) in [6.45, 7) is 0. The number of nitrogen functional groups attached to an aromatic ring is 4. The van der Waals surface area contributed by atoms with E-state index in [2.05, 4.69) is 0 Å². The van der Waals surface area contributed by atoms with Gasteiger partial charge in [0.05, 0.1) is 0 Å². The Kier molecular flexibility index (Phi) is 11.8. The van der Waals surface area contributed by atoms with Crippen LogP contribution in [-0.2, 0) is 0 Å². The highest BCUT2D eigenvalue weighted by atomic mass is 16.5. The Labute approximate surface area is 336 Å². The number of hydrogen-bond donors (Lipinski definition) is 4. The number of anilines is 4. The summed E-state index contributed by atoms with van der Waals surface area (Å²) in [4.78, 5) is 12.8. The zero-order valence-corrected chi connectivity index (χ0v) is 31.3. The maximum atomic E-state index is 12.8. The largest absolute Gasteiger partial charge is 0.457 e. The van der Waals surface area contributed by atoms with Crippen LogP contribution in [0.5, 0.6) is 46.0 Å². The molecule has 0 atom stereocenters. The molecule has 9 nitrogen and oxygen atoms in total. The lowest BCUT2D eigenvalue weighted by Gasteiger charge is -2.09. The number of carbonyl (C=O) groups excluding carboxylic acids is 1. The van der Waals surface area contributed by atoms with Crippen LogP contribution in [0.3, 0.4) is 0 Å². The van der Waals surface area contributed by atoms with Crippen LogP contribution in [0.15, 0.2) is 194 Å². The molecule has 8 aromatic rings. The number of nitrogens with two attached hydrogens (primary N) is 4. The smallest absolute Gasteiger partial charge is 0.193 e. The highest BCUT2D eigenvalue weighted by Gasteiger charge is 2.10. The van der Waals surface area contributed by atoms with Crippen LogP contribution in [0.2, 0.25) is 0 Å². The van der Waals surface area contributed by atoms with E-state index < -0.39 is 0 Å². The van der Waals surface area contributed by atoms with Crippen molar-refractivity contribution in [3.8, 4) is 57.1 Å². The van der Waals surface area contributed by atoms with Gasteiger partial charge in [0.1, 0.15) is 46.0 Å². The molecule has 0 bridgehead atoms. The maximum Gasteiger partial charge on any atom is 0.193 e. The van der Waals surface area contributed by atoms with Crippen molar-refractivity contribution in [3.05, 3.63) is 205 Å². The van der Waals surface area contributed by atoms with E-state index in [1.165, 1.54) is 0 Å². The second-order valence-corrected chi connectivity index (χ2v) is 13.1. The monoisotopic (exact) mass is 764 g/mol. The fraction of sp³-hybridized carbons (Fsp3) is 0. The van der Waals surface area contributed by atoms with Gasteiger partial charge >= 0.3 is 0 Å². The lowest BCUT2D eigenvalue weighted by Crippen LogP contribution is -2.01. The van der Waals surface area contributed by atoms with Gasteiger partial charge in [-0.25, -0.2) is 0 Å². The first kappa shape index (κ1) is 38.1. The molecule has 0 fully saturated rings. The van der Waals surface area contributed by atoms with Crippen molar-refractivity contribution in [3.63, 3.8) is 0 Å². The molecule has 0 unspecified atom stereocenters. The second kappa shape index (κ2) is 18.0. The minimum atomic E-state index is -0.0759. The summed E-state index contributed by atoms with van der Waals surface area (Å²) in [5.74, 6) is 5.63. The molecule has 0 saturated carbocycles. The predicted octanol–water partition coefficient (Wildman–Crippen LogP) is 11.8. The number of ketones is 1. The lowest BCUT2D eigenvalue weighted by atomic mass is 10.0. The molecule has 8 N–H and O–H groups in total. The summed E-state index contributed by atoms with van der Waals surface area (Å²) in [6, 6.07) is 58.9. The minimum Gasteiger partial charge on any atom is -0.457 e. The van der Waals surface area contributed by atoms with Crippen LogP contribution < -0.4 is 41.9 Å². The van der Waals surface area contributed by atoms with Crippen molar-refractivity contribution in [2.75, 3.05) is 22.9 Å². The van der Waals surface area contributed by atoms with Crippen molar-refractivity contribution in [2.45, 2.75) is 0 Å². The van der Waals surface area contributed by atoms with E-state index in [4.69, 9.17) is 41.9 Å². The Morgan fingerprint density at radius 1 is 0.259 bits per heavy atom. The number of ether oxygens (including phenoxy) is 4. The van der Waals surface area contributed by atoms with Crippen LogP contribution >= 0.6 is 0 Å². The maximum absolute atomic E-state index is 12.8. The van der Waals surface area contributed by atoms with Gasteiger partial charge in [0.2, 0.25) is 0 Å².